The Balaban J connectivity index is 2.24. The summed E-state index contributed by atoms with van der Waals surface area (Å²) in [6.45, 7) is 0. The van der Waals surface area contributed by atoms with E-state index in [4.69, 9.17) is 4.74 Å². The normalized spacial score (nSPS) is 9.79. The van der Waals surface area contributed by atoms with Crippen LogP contribution in [0.5, 0.6) is 11.8 Å². The number of ether oxygens (including phenoxy) is 1. The molecular formula is C10H7FN2O. The number of halogens is 1. The number of para-hydroxylation sites is 1. The third-order valence-corrected chi connectivity index (χ3v) is 1.58. The fourth-order valence-corrected chi connectivity index (χ4v) is 0.964. The number of benzene rings is 1. The van der Waals surface area contributed by atoms with Crippen LogP contribution >= 0.6 is 0 Å². The van der Waals surface area contributed by atoms with Gasteiger partial charge in [-0.25, -0.2) is 14.4 Å². The second kappa shape index (κ2) is 3.83. The first-order valence-electron chi connectivity index (χ1n) is 4.05. The van der Waals surface area contributed by atoms with Gasteiger partial charge in [-0.2, -0.15) is 0 Å². The van der Waals surface area contributed by atoms with Crippen LogP contribution in [0, 0.1) is 5.82 Å². The minimum absolute atomic E-state index is 0.124. The maximum Gasteiger partial charge on any atom is 0.321 e. The number of hydrogen-bond donors (Lipinski definition) is 0. The molecule has 1 aromatic carbocycles. The highest BCUT2D eigenvalue weighted by atomic mass is 19.1. The Bertz CT molecular complexity index is 419. The van der Waals surface area contributed by atoms with Gasteiger partial charge in [-0.15, -0.1) is 0 Å². The zero-order valence-corrected chi connectivity index (χ0v) is 7.22. The molecule has 14 heavy (non-hydrogen) atoms. The lowest BCUT2D eigenvalue weighted by Crippen LogP contribution is -1.92. The molecule has 0 fully saturated rings. The van der Waals surface area contributed by atoms with Crippen molar-refractivity contribution in [3.8, 4) is 11.8 Å². The van der Waals surface area contributed by atoms with E-state index in [9.17, 15) is 4.39 Å². The van der Waals surface area contributed by atoms with Gasteiger partial charge in [0.25, 0.3) is 0 Å². The Labute approximate surface area is 80.2 Å². The summed E-state index contributed by atoms with van der Waals surface area (Å²) < 4.78 is 18.2. The largest absolute Gasteiger partial charge is 0.421 e. The molecule has 0 aliphatic carbocycles. The molecule has 0 N–H and O–H groups in total. The molecule has 2 aromatic rings. The van der Waals surface area contributed by atoms with Crippen molar-refractivity contribution in [3.63, 3.8) is 0 Å². The summed E-state index contributed by atoms with van der Waals surface area (Å²) in [5, 5.41) is 0. The van der Waals surface area contributed by atoms with Crippen LogP contribution in [0.3, 0.4) is 0 Å². The average Bonchev–Trinajstić information content (AvgIpc) is 2.23. The predicted molar refractivity (Wildman–Crippen MR) is 48.5 cm³/mol. The molecule has 0 atom stereocenters. The lowest BCUT2D eigenvalue weighted by Gasteiger charge is -2.02. The Morgan fingerprint density at radius 3 is 2.43 bits per heavy atom. The summed E-state index contributed by atoms with van der Waals surface area (Å²) >= 11 is 0. The lowest BCUT2D eigenvalue weighted by atomic mass is 10.3. The van der Waals surface area contributed by atoms with Crippen molar-refractivity contribution in [3.05, 3.63) is 48.5 Å². The van der Waals surface area contributed by atoms with E-state index in [1.807, 2.05) is 0 Å². The second-order valence-corrected chi connectivity index (χ2v) is 2.56. The van der Waals surface area contributed by atoms with Crippen molar-refractivity contribution in [2.45, 2.75) is 0 Å². The van der Waals surface area contributed by atoms with Gasteiger partial charge < -0.3 is 4.74 Å². The van der Waals surface area contributed by atoms with Gasteiger partial charge in [-0.1, -0.05) is 12.1 Å². The van der Waals surface area contributed by atoms with Crippen molar-refractivity contribution in [2.75, 3.05) is 0 Å². The molecule has 1 heterocycles. The lowest BCUT2D eigenvalue weighted by molar-refractivity contribution is 0.411. The molecule has 0 radical (unpaired) electrons. The zero-order valence-electron chi connectivity index (χ0n) is 7.22. The van der Waals surface area contributed by atoms with Gasteiger partial charge in [0.2, 0.25) is 0 Å². The van der Waals surface area contributed by atoms with Crippen molar-refractivity contribution in [1.29, 1.82) is 0 Å². The molecule has 0 spiro atoms. The molecule has 0 saturated carbocycles. The van der Waals surface area contributed by atoms with E-state index in [1.165, 1.54) is 24.5 Å². The third-order valence-electron chi connectivity index (χ3n) is 1.58. The summed E-state index contributed by atoms with van der Waals surface area (Å²) in [5.74, 6) is -0.307. The van der Waals surface area contributed by atoms with E-state index < -0.39 is 5.82 Å². The molecule has 1 aromatic heterocycles. The summed E-state index contributed by atoms with van der Waals surface area (Å²) in [5.41, 5.74) is 0. The molecule has 70 valence electrons. The molecule has 0 aliphatic rings. The van der Waals surface area contributed by atoms with Gasteiger partial charge in [0.15, 0.2) is 11.6 Å². The number of aromatic nitrogens is 2. The Morgan fingerprint density at radius 1 is 1.00 bits per heavy atom. The standard InChI is InChI=1S/C10H7FN2O/c11-8-4-1-2-5-9(8)14-10-12-6-3-7-13-10/h1-7H. The molecule has 0 amide bonds. The fourth-order valence-electron chi connectivity index (χ4n) is 0.964. The molecule has 0 bridgehead atoms. The molecule has 2 rings (SSSR count). The summed E-state index contributed by atoms with van der Waals surface area (Å²) in [6.07, 6.45) is 3.06. The highest BCUT2D eigenvalue weighted by Gasteiger charge is 2.03. The maximum atomic E-state index is 13.1. The Hall–Kier alpha value is -1.97. The average molecular weight is 190 g/mol. The van der Waals surface area contributed by atoms with Gasteiger partial charge in [0.05, 0.1) is 0 Å². The summed E-state index contributed by atoms with van der Waals surface area (Å²) in [7, 11) is 0. The van der Waals surface area contributed by atoms with Gasteiger partial charge in [0, 0.05) is 12.4 Å². The van der Waals surface area contributed by atoms with E-state index in [0.717, 1.165) is 0 Å². The van der Waals surface area contributed by atoms with Crippen molar-refractivity contribution in [2.24, 2.45) is 0 Å². The van der Waals surface area contributed by atoms with Gasteiger partial charge in [-0.3, -0.25) is 0 Å². The smallest absolute Gasteiger partial charge is 0.321 e. The first kappa shape index (κ1) is 8.62. The molecule has 3 nitrogen and oxygen atoms in total. The molecule has 0 unspecified atom stereocenters. The highest BCUT2D eigenvalue weighted by Crippen LogP contribution is 2.19. The molecule has 0 aliphatic heterocycles. The first-order valence-corrected chi connectivity index (χ1v) is 4.05. The van der Waals surface area contributed by atoms with Crippen LogP contribution in [0.1, 0.15) is 0 Å². The topological polar surface area (TPSA) is 35.0 Å². The third kappa shape index (κ3) is 1.85. The second-order valence-electron chi connectivity index (χ2n) is 2.56. The minimum Gasteiger partial charge on any atom is -0.421 e. The van der Waals surface area contributed by atoms with Crippen molar-refractivity contribution >= 4 is 0 Å². The Kier molecular flexibility index (Phi) is 2.36. The van der Waals surface area contributed by atoms with Crippen LogP contribution in [0.2, 0.25) is 0 Å². The number of rotatable bonds is 2. The van der Waals surface area contributed by atoms with Gasteiger partial charge in [0.1, 0.15) is 0 Å². The van der Waals surface area contributed by atoms with Crippen molar-refractivity contribution in [1.82, 2.24) is 9.97 Å². The van der Waals surface area contributed by atoms with E-state index in [2.05, 4.69) is 9.97 Å². The van der Waals surface area contributed by atoms with Gasteiger partial charge in [-0.05, 0) is 18.2 Å². The quantitative estimate of drug-likeness (QED) is 0.729. The van der Waals surface area contributed by atoms with Crippen LogP contribution in [-0.2, 0) is 0 Å². The maximum absolute atomic E-state index is 13.1. The summed E-state index contributed by atoms with van der Waals surface area (Å²) in [6, 6.07) is 7.91. The fraction of sp³-hybridized carbons (Fsp3) is 0. The first-order chi connectivity index (χ1) is 6.86. The van der Waals surface area contributed by atoms with Gasteiger partial charge >= 0.3 is 6.01 Å². The van der Waals surface area contributed by atoms with E-state index in [1.54, 1.807) is 18.2 Å². The van der Waals surface area contributed by atoms with E-state index in [0.29, 0.717) is 0 Å². The minimum atomic E-state index is -0.431. The van der Waals surface area contributed by atoms with Crippen molar-refractivity contribution < 1.29 is 9.13 Å². The number of hydrogen-bond acceptors (Lipinski definition) is 3. The van der Waals surface area contributed by atoms with E-state index >= 15 is 0 Å². The predicted octanol–water partition coefficient (Wildman–Crippen LogP) is 2.41. The van der Waals surface area contributed by atoms with Crippen LogP contribution < -0.4 is 4.74 Å². The molecule has 0 saturated heterocycles. The Morgan fingerprint density at radius 2 is 1.71 bits per heavy atom. The monoisotopic (exact) mass is 190 g/mol. The zero-order chi connectivity index (χ0) is 9.80. The molecular weight excluding hydrogens is 183 g/mol. The van der Waals surface area contributed by atoms with Crippen LogP contribution in [0.25, 0.3) is 0 Å². The summed E-state index contributed by atoms with van der Waals surface area (Å²) in [4.78, 5) is 7.63. The van der Waals surface area contributed by atoms with E-state index in [-0.39, 0.29) is 11.8 Å². The highest BCUT2D eigenvalue weighted by molar-refractivity contribution is 5.26. The van der Waals surface area contributed by atoms with Crippen LogP contribution in [0.15, 0.2) is 42.7 Å². The molecule has 4 heteroatoms. The van der Waals surface area contributed by atoms with Crippen LogP contribution in [-0.4, -0.2) is 9.97 Å². The number of nitrogens with zero attached hydrogens (tertiary/aromatic N) is 2. The SMILES string of the molecule is Fc1ccccc1Oc1ncccn1. The van der Waals surface area contributed by atoms with Crippen LogP contribution in [0.4, 0.5) is 4.39 Å².